The highest BCUT2D eigenvalue weighted by Gasteiger charge is 2.20. The fourth-order valence-corrected chi connectivity index (χ4v) is 2.67. The summed E-state index contributed by atoms with van der Waals surface area (Å²) in [5.41, 5.74) is 8.17. The van der Waals surface area contributed by atoms with E-state index >= 15 is 0 Å². The van der Waals surface area contributed by atoms with Crippen LogP contribution in [0.1, 0.15) is 12.1 Å². The predicted molar refractivity (Wildman–Crippen MR) is 64.5 cm³/mol. The van der Waals surface area contributed by atoms with Gasteiger partial charge in [0.2, 0.25) is 0 Å². The van der Waals surface area contributed by atoms with E-state index in [0.717, 1.165) is 36.8 Å². The maximum atomic E-state index is 9.81. The van der Waals surface area contributed by atoms with E-state index in [9.17, 15) is 5.11 Å². The van der Waals surface area contributed by atoms with Gasteiger partial charge in [-0.2, -0.15) is 0 Å². The van der Waals surface area contributed by atoms with Gasteiger partial charge in [-0.15, -0.1) is 0 Å². The molecule has 1 unspecified atom stereocenters. The lowest BCUT2D eigenvalue weighted by molar-refractivity contribution is 0.402. The predicted octanol–water partition coefficient (Wildman–Crippen LogP) is 1.87. The van der Waals surface area contributed by atoms with Crippen molar-refractivity contribution in [2.75, 3.05) is 6.54 Å². The molecule has 0 spiro atoms. The van der Waals surface area contributed by atoms with Crippen molar-refractivity contribution >= 4 is 10.9 Å². The van der Waals surface area contributed by atoms with Gasteiger partial charge in [0.05, 0.1) is 5.52 Å². The normalized spacial score (nSPS) is 19.9. The molecule has 16 heavy (non-hydrogen) atoms. The number of hydrogen-bond donors (Lipinski definition) is 2. The molecule has 2 heterocycles. The zero-order valence-electron chi connectivity index (χ0n) is 9.19. The topological polar surface area (TPSA) is 51.2 Å². The van der Waals surface area contributed by atoms with Gasteiger partial charge in [-0.3, -0.25) is 0 Å². The molecule has 84 valence electrons. The first-order valence-electron chi connectivity index (χ1n) is 5.79. The molecule has 3 N–H and O–H groups in total. The first-order chi connectivity index (χ1) is 7.79. The molecule has 0 aliphatic carbocycles. The molecule has 0 radical (unpaired) electrons. The van der Waals surface area contributed by atoms with E-state index in [-0.39, 0.29) is 0 Å². The number of fused-ring (bicyclic) bond motifs is 3. The summed E-state index contributed by atoms with van der Waals surface area (Å²) >= 11 is 0. The number of aromatic hydroxyl groups is 1. The quantitative estimate of drug-likeness (QED) is 0.764. The largest absolute Gasteiger partial charge is 0.507 e. The molecule has 0 amide bonds. The first kappa shape index (κ1) is 9.73. The van der Waals surface area contributed by atoms with Crippen LogP contribution < -0.4 is 5.73 Å². The standard InChI is InChI=1S/C13H16N2O/c14-8-9-4-5-15-10(6-9)7-11-12(15)2-1-3-13(11)16/h1-3,7,9,16H,4-6,8,14H2. The van der Waals surface area contributed by atoms with Crippen molar-refractivity contribution in [3.05, 3.63) is 30.0 Å². The first-order valence-corrected chi connectivity index (χ1v) is 5.79. The SMILES string of the molecule is NCC1CCn2c(cc3c(O)cccc32)C1. The third-order valence-electron chi connectivity index (χ3n) is 3.60. The molecule has 1 aliphatic heterocycles. The summed E-state index contributed by atoms with van der Waals surface area (Å²) in [6.45, 7) is 1.78. The van der Waals surface area contributed by atoms with Gasteiger partial charge in [-0.25, -0.2) is 0 Å². The monoisotopic (exact) mass is 216 g/mol. The Morgan fingerprint density at radius 3 is 3.12 bits per heavy atom. The fraction of sp³-hybridized carbons (Fsp3) is 0.385. The van der Waals surface area contributed by atoms with Gasteiger partial charge in [0.25, 0.3) is 0 Å². The molecule has 1 aliphatic rings. The molecule has 0 fully saturated rings. The van der Waals surface area contributed by atoms with Gasteiger partial charge in [-0.1, -0.05) is 6.07 Å². The third kappa shape index (κ3) is 1.32. The van der Waals surface area contributed by atoms with Crippen molar-refractivity contribution < 1.29 is 5.11 Å². The highest BCUT2D eigenvalue weighted by molar-refractivity contribution is 5.87. The number of aryl methyl sites for hydroxylation is 1. The van der Waals surface area contributed by atoms with Crippen molar-refractivity contribution in [2.45, 2.75) is 19.4 Å². The summed E-state index contributed by atoms with van der Waals surface area (Å²) in [6.07, 6.45) is 2.17. The molecule has 1 atom stereocenters. The lowest BCUT2D eigenvalue weighted by Crippen LogP contribution is -2.24. The molecule has 2 aromatic rings. The number of phenols is 1. The second-order valence-corrected chi connectivity index (χ2v) is 4.59. The zero-order chi connectivity index (χ0) is 11.1. The van der Waals surface area contributed by atoms with Gasteiger partial charge in [-0.05, 0) is 43.5 Å². The maximum absolute atomic E-state index is 9.81. The van der Waals surface area contributed by atoms with E-state index in [2.05, 4.69) is 16.7 Å². The molecule has 0 saturated heterocycles. The van der Waals surface area contributed by atoms with E-state index in [1.165, 1.54) is 5.69 Å². The van der Waals surface area contributed by atoms with Crippen LogP contribution in [0, 0.1) is 5.92 Å². The number of hydrogen-bond acceptors (Lipinski definition) is 2. The number of aromatic nitrogens is 1. The molecule has 3 nitrogen and oxygen atoms in total. The number of nitrogens with two attached hydrogens (primary N) is 1. The molecule has 1 aromatic heterocycles. The Bertz CT molecular complexity index is 530. The van der Waals surface area contributed by atoms with E-state index < -0.39 is 0 Å². The van der Waals surface area contributed by atoms with Crippen LogP contribution >= 0.6 is 0 Å². The Morgan fingerprint density at radius 2 is 2.31 bits per heavy atom. The molecule has 3 heteroatoms. The molecule has 0 bridgehead atoms. The van der Waals surface area contributed by atoms with Gasteiger partial charge >= 0.3 is 0 Å². The number of phenolic OH excluding ortho intramolecular Hbond substituents is 1. The minimum absolute atomic E-state index is 0.378. The zero-order valence-corrected chi connectivity index (χ0v) is 9.19. The van der Waals surface area contributed by atoms with Gasteiger partial charge in [0, 0.05) is 17.6 Å². The smallest absolute Gasteiger partial charge is 0.124 e. The Hall–Kier alpha value is -1.48. The summed E-state index contributed by atoms with van der Waals surface area (Å²) < 4.78 is 2.31. The van der Waals surface area contributed by atoms with E-state index in [4.69, 9.17) is 5.73 Å². The Labute approximate surface area is 94.5 Å². The molecular formula is C13H16N2O. The maximum Gasteiger partial charge on any atom is 0.124 e. The van der Waals surface area contributed by atoms with Gasteiger partial charge < -0.3 is 15.4 Å². The average molecular weight is 216 g/mol. The molecule has 3 rings (SSSR count). The molecule has 0 saturated carbocycles. The lowest BCUT2D eigenvalue weighted by atomic mass is 9.96. The number of nitrogens with zero attached hydrogens (tertiary/aromatic N) is 1. The Balaban J connectivity index is 2.16. The summed E-state index contributed by atoms with van der Waals surface area (Å²) in [5.74, 6) is 0.975. The van der Waals surface area contributed by atoms with Crippen LogP contribution in [0.4, 0.5) is 0 Å². The summed E-state index contributed by atoms with van der Waals surface area (Å²) in [7, 11) is 0. The Morgan fingerprint density at radius 1 is 1.44 bits per heavy atom. The average Bonchev–Trinajstić information content (AvgIpc) is 2.68. The van der Waals surface area contributed by atoms with Gasteiger partial charge in [0.15, 0.2) is 0 Å². The number of rotatable bonds is 1. The lowest BCUT2D eigenvalue weighted by Gasteiger charge is -2.23. The summed E-state index contributed by atoms with van der Waals surface area (Å²) in [6, 6.07) is 7.82. The number of benzene rings is 1. The summed E-state index contributed by atoms with van der Waals surface area (Å²) in [4.78, 5) is 0. The molecule has 1 aromatic carbocycles. The molecular weight excluding hydrogens is 200 g/mol. The Kier molecular flexibility index (Phi) is 2.14. The van der Waals surface area contributed by atoms with Crippen molar-refractivity contribution in [2.24, 2.45) is 11.7 Å². The van der Waals surface area contributed by atoms with Crippen molar-refractivity contribution in [3.8, 4) is 5.75 Å². The van der Waals surface area contributed by atoms with Crippen molar-refractivity contribution in [3.63, 3.8) is 0 Å². The summed E-state index contributed by atoms with van der Waals surface area (Å²) in [5, 5.41) is 10.8. The highest BCUT2D eigenvalue weighted by atomic mass is 16.3. The minimum Gasteiger partial charge on any atom is -0.507 e. The second-order valence-electron chi connectivity index (χ2n) is 4.59. The minimum atomic E-state index is 0.378. The van der Waals surface area contributed by atoms with E-state index in [1.807, 2.05) is 6.07 Å². The van der Waals surface area contributed by atoms with Gasteiger partial charge in [0.1, 0.15) is 5.75 Å². The van der Waals surface area contributed by atoms with Crippen LogP contribution in [-0.4, -0.2) is 16.2 Å². The van der Waals surface area contributed by atoms with Crippen LogP contribution in [0.25, 0.3) is 10.9 Å². The van der Waals surface area contributed by atoms with E-state index in [1.54, 1.807) is 6.07 Å². The second kappa shape index (κ2) is 3.52. The van der Waals surface area contributed by atoms with Crippen molar-refractivity contribution in [1.29, 1.82) is 0 Å². The van der Waals surface area contributed by atoms with Crippen LogP contribution in [0.3, 0.4) is 0 Å². The third-order valence-corrected chi connectivity index (χ3v) is 3.60. The van der Waals surface area contributed by atoms with Crippen LogP contribution in [0.2, 0.25) is 0 Å². The van der Waals surface area contributed by atoms with Crippen LogP contribution in [-0.2, 0) is 13.0 Å². The van der Waals surface area contributed by atoms with Crippen LogP contribution in [0.15, 0.2) is 24.3 Å². The van der Waals surface area contributed by atoms with Crippen molar-refractivity contribution in [1.82, 2.24) is 4.57 Å². The van der Waals surface area contributed by atoms with Crippen LogP contribution in [0.5, 0.6) is 5.75 Å². The van der Waals surface area contributed by atoms with E-state index in [0.29, 0.717) is 11.7 Å². The highest BCUT2D eigenvalue weighted by Crippen LogP contribution is 2.32. The fourth-order valence-electron chi connectivity index (χ4n) is 2.67.